The number of hydrogen-bond donors (Lipinski definition) is 1. The van der Waals surface area contributed by atoms with E-state index >= 15 is 0 Å². The molecule has 0 spiro atoms. The molecule has 27 heavy (non-hydrogen) atoms. The number of nitrogens with one attached hydrogen (secondary N) is 1. The fourth-order valence-electron chi connectivity index (χ4n) is 3.31. The third kappa shape index (κ3) is 3.65. The molecule has 138 valence electrons. The normalized spacial score (nSPS) is 13.0. The Morgan fingerprint density at radius 1 is 1.00 bits per heavy atom. The van der Waals surface area contributed by atoms with E-state index in [0.717, 1.165) is 36.8 Å². The summed E-state index contributed by atoms with van der Waals surface area (Å²) in [5, 5.41) is 3.24. The van der Waals surface area contributed by atoms with Crippen LogP contribution in [0.5, 0.6) is 11.5 Å². The summed E-state index contributed by atoms with van der Waals surface area (Å²) < 4.78 is 10.7. The van der Waals surface area contributed by atoms with Crippen LogP contribution in [0.4, 0.5) is 17.5 Å². The van der Waals surface area contributed by atoms with Crippen LogP contribution in [0.3, 0.4) is 0 Å². The molecule has 0 aliphatic carbocycles. The van der Waals surface area contributed by atoms with Gasteiger partial charge in [0, 0.05) is 25.4 Å². The number of methoxy groups -OCH3 is 2. The Bertz CT molecular complexity index is 945. The van der Waals surface area contributed by atoms with Gasteiger partial charge in [0.1, 0.15) is 17.3 Å². The number of aromatic nitrogens is 2. The minimum absolute atomic E-state index is 0.526. The molecule has 0 radical (unpaired) electrons. The van der Waals surface area contributed by atoms with Gasteiger partial charge in [0.15, 0.2) is 0 Å². The summed E-state index contributed by atoms with van der Waals surface area (Å²) in [6.07, 6.45) is 2.80. The number of fused-ring (bicyclic) bond motifs is 1. The maximum Gasteiger partial charge on any atom is 0.229 e. The lowest BCUT2D eigenvalue weighted by Crippen LogP contribution is -2.31. The molecule has 0 atom stereocenters. The molecule has 1 aliphatic heterocycles. The van der Waals surface area contributed by atoms with Gasteiger partial charge < -0.3 is 19.7 Å². The SMILES string of the molecule is COc1ccc(OC)c(Nc2nccc(N3CCc4ccccc4C3)n2)c1. The van der Waals surface area contributed by atoms with Crippen molar-refractivity contribution in [2.24, 2.45) is 0 Å². The van der Waals surface area contributed by atoms with E-state index in [1.54, 1.807) is 20.4 Å². The molecule has 0 amide bonds. The van der Waals surface area contributed by atoms with Gasteiger partial charge in [0.2, 0.25) is 5.95 Å². The zero-order valence-electron chi connectivity index (χ0n) is 15.5. The Hall–Kier alpha value is -3.28. The van der Waals surface area contributed by atoms with Crippen LogP contribution in [0.15, 0.2) is 54.7 Å². The van der Waals surface area contributed by atoms with E-state index < -0.39 is 0 Å². The van der Waals surface area contributed by atoms with Crippen molar-refractivity contribution in [3.05, 3.63) is 65.9 Å². The fraction of sp³-hybridized carbons (Fsp3) is 0.238. The monoisotopic (exact) mass is 362 g/mol. The lowest BCUT2D eigenvalue weighted by atomic mass is 10.00. The molecule has 0 bridgehead atoms. The molecule has 1 aromatic heterocycles. The van der Waals surface area contributed by atoms with Gasteiger partial charge in [-0.1, -0.05) is 24.3 Å². The fourth-order valence-corrected chi connectivity index (χ4v) is 3.31. The van der Waals surface area contributed by atoms with Crippen LogP contribution < -0.4 is 19.7 Å². The van der Waals surface area contributed by atoms with E-state index in [4.69, 9.17) is 14.5 Å². The van der Waals surface area contributed by atoms with Crippen molar-refractivity contribution >= 4 is 17.5 Å². The van der Waals surface area contributed by atoms with Gasteiger partial charge >= 0.3 is 0 Å². The van der Waals surface area contributed by atoms with Crippen molar-refractivity contribution in [1.29, 1.82) is 0 Å². The number of ether oxygens (including phenoxy) is 2. The highest BCUT2D eigenvalue weighted by molar-refractivity contribution is 5.65. The highest BCUT2D eigenvalue weighted by Crippen LogP contribution is 2.31. The number of nitrogens with zero attached hydrogens (tertiary/aromatic N) is 3. The molecule has 0 unspecified atom stereocenters. The van der Waals surface area contributed by atoms with Gasteiger partial charge in [-0.3, -0.25) is 0 Å². The van der Waals surface area contributed by atoms with E-state index in [9.17, 15) is 0 Å². The smallest absolute Gasteiger partial charge is 0.229 e. The molecule has 1 aliphatic rings. The molecule has 4 rings (SSSR count). The summed E-state index contributed by atoms with van der Waals surface area (Å²) >= 11 is 0. The second kappa shape index (κ2) is 7.53. The average Bonchev–Trinajstić information content (AvgIpc) is 2.73. The van der Waals surface area contributed by atoms with Crippen LogP contribution in [-0.4, -0.2) is 30.7 Å². The predicted octanol–water partition coefficient (Wildman–Crippen LogP) is 3.80. The van der Waals surface area contributed by atoms with Gasteiger partial charge in [-0.05, 0) is 35.7 Å². The third-order valence-corrected chi connectivity index (χ3v) is 4.75. The third-order valence-electron chi connectivity index (χ3n) is 4.75. The predicted molar refractivity (Wildman–Crippen MR) is 106 cm³/mol. The first-order chi connectivity index (χ1) is 13.3. The summed E-state index contributed by atoms with van der Waals surface area (Å²) in [4.78, 5) is 11.3. The maximum atomic E-state index is 5.42. The second-order valence-electron chi connectivity index (χ2n) is 6.37. The molecule has 6 nitrogen and oxygen atoms in total. The highest BCUT2D eigenvalue weighted by atomic mass is 16.5. The van der Waals surface area contributed by atoms with Crippen LogP contribution in [0.1, 0.15) is 11.1 Å². The Balaban J connectivity index is 1.57. The lowest BCUT2D eigenvalue weighted by Gasteiger charge is -2.29. The zero-order valence-corrected chi connectivity index (χ0v) is 15.5. The largest absolute Gasteiger partial charge is 0.497 e. The molecule has 6 heteroatoms. The molecule has 0 fully saturated rings. The summed E-state index contributed by atoms with van der Waals surface area (Å²) in [6.45, 7) is 1.80. The van der Waals surface area contributed by atoms with E-state index in [0.29, 0.717) is 11.7 Å². The molecule has 1 N–H and O–H groups in total. The van der Waals surface area contributed by atoms with Crippen LogP contribution in [0.2, 0.25) is 0 Å². The molecule has 3 aromatic rings. The van der Waals surface area contributed by atoms with Crippen molar-refractivity contribution in [2.75, 3.05) is 31.0 Å². The number of hydrogen-bond acceptors (Lipinski definition) is 6. The summed E-state index contributed by atoms with van der Waals surface area (Å²) in [5.41, 5.74) is 3.53. The van der Waals surface area contributed by atoms with Gasteiger partial charge in [0.05, 0.1) is 19.9 Å². The van der Waals surface area contributed by atoms with Crippen molar-refractivity contribution in [3.8, 4) is 11.5 Å². The van der Waals surface area contributed by atoms with E-state index in [-0.39, 0.29) is 0 Å². The van der Waals surface area contributed by atoms with Crippen molar-refractivity contribution in [2.45, 2.75) is 13.0 Å². The molecule has 2 heterocycles. The van der Waals surface area contributed by atoms with Crippen LogP contribution in [0, 0.1) is 0 Å². The molecular formula is C21H22N4O2. The molecule has 2 aromatic carbocycles. The average molecular weight is 362 g/mol. The molecular weight excluding hydrogens is 340 g/mol. The highest BCUT2D eigenvalue weighted by Gasteiger charge is 2.17. The number of benzene rings is 2. The van der Waals surface area contributed by atoms with Crippen LogP contribution >= 0.6 is 0 Å². The first-order valence-electron chi connectivity index (χ1n) is 8.90. The number of anilines is 3. The Morgan fingerprint density at radius 2 is 1.85 bits per heavy atom. The lowest BCUT2D eigenvalue weighted by molar-refractivity contribution is 0.405. The summed E-state index contributed by atoms with van der Waals surface area (Å²) in [7, 11) is 3.27. The van der Waals surface area contributed by atoms with Crippen molar-refractivity contribution in [1.82, 2.24) is 9.97 Å². The van der Waals surface area contributed by atoms with Gasteiger partial charge in [-0.15, -0.1) is 0 Å². The van der Waals surface area contributed by atoms with Crippen LogP contribution in [-0.2, 0) is 13.0 Å². The summed E-state index contributed by atoms with van der Waals surface area (Å²) in [5.74, 6) is 2.88. The molecule has 0 saturated carbocycles. The quantitative estimate of drug-likeness (QED) is 0.745. The minimum atomic E-state index is 0.526. The van der Waals surface area contributed by atoms with E-state index in [1.807, 2.05) is 24.3 Å². The zero-order chi connectivity index (χ0) is 18.6. The minimum Gasteiger partial charge on any atom is -0.497 e. The van der Waals surface area contributed by atoms with Crippen molar-refractivity contribution in [3.63, 3.8) is 0 Å². The standard InChI is InChI=1S/C21H22N4O2/c1-26-17-7-8-19(27-2)18(13-17)23-21-22-11-9-20(24-21)25-12-10-15-5-3-4-6-16(15)14-25/h3-9,11,13H,10,12,14H2,1-2H3,(H,22,23,24). The Labute approximate surface area is 158 Å². The number of rotatable bonds is 5. The maximum absolute atomic E-state index is 5.42. The van der Waals surface area contributed by atoms with Crippen molar-refractivity contribution < 1.29 is 9.47 Å². The van der Waals surface area contributed by atoms with Crippen LogP contribution in [0.25, 0.3) is 0 Å². The van der Waals surface area contributed by atoms with Gasteiger partial charge in [-0.2, -0.15) is 4.98 Å². The Morgan fingerprint density at radius 3 is 2.67 bits per heavy atom. The van der Waals surface area contributed by atoms with E-state index in [2.05, 4.69) is 39.5 Å². The summed E-state index contributed by atoms with van der Waals surface area (Å²) in [6, 6.07) is 16.1. The first kappa shape index (κ1) is 17.1. The Kier molecular flexibility index (Phi) is 4.78. The van der Waals surface area contributed by atoms with Gasteiger partial charge in [0.25, 0.3) is 0 Å². The molecule has 0 saturated heterocycles. The first-order valence-corrected chi connectivity index (χ1v) is 8.90. The topological polar surface area (TPSA) is 59.5 Å². The van der Waals surface area contributed by atoms with Gasteiger partial charge in [-0.25, -0.2) is 4.98 Å². The van der Waals surface area contributed by atoms with E-state index in [1.165, 1.54) is 11.1 Å². The second-order valence-corrected chi connectivity index (χ2v) is 6.37.